The van der Waals surface area contributed by atoms with Gasteiger partial charge < -0.3 is 20.7 Å². The summed E-state index contributed by atoms with van der Waals surface area (Å²) in [6.45, 7) is 10.2. The van der Waals surface area contributed by atoms with Gasteiger partial charge in [0.05, 0.1) is 6.04 Å². The van der Waals surface area contributed by atoms with Gasteiger partial charge in [0.1, 0.15) is 6.29 Å². The maximum absolute atomic E-state index is 12.4. The van der Waals surface area contributed by atoms with E-state index in [0.29, 0.717) is 18.9 Å². The highest BCUT2D eigenvalue weighted by Gasteiger charge is 2.16. The molecule has 2 aromatic carbocycles. The van der Waals surface area contributed by atoms with E-state index in [4.69, 9.17) is 0 Å². The minimum absolute atomic E-state index is 0.0872. The fourth-order valence-electron chi connectivity index (χ4n) is 3.47. The summed E-state index contributed by atoms with van der Waals surface area (Å²) in [7, 11) is 1.85. The predicted molar refractivity (Wildman–Crippen MR) is 144 cm³/mol. The van der Waals surface area contributed by atoms with Crippen LogP contribution in [0.25, 0.3) is 11.1 Å². The van der Waals surface area contributed by atoms with Crippen LogP contribution in [0.2, 0.25) is 0 Å². The van der Waals surface area contributed by atoms with Crippen LogP contribution in [0.1, 0.15) is 58.9 Å². The zero-order valence-electron chi connectivity index (χ0n) is 21.8. The van der Waals surface area contributed by atoms with Gasteiger partial charge in [0, 0.05) is 25.6 Å². The molecule has 2 rings (SSSR count). The zero-order valence-corrected chi connectivity index (χ0v) is 21.8. The number of aldehydes is 1. The Labute approximate surface area is 207 Å². The number of carbonyl (C=O) groups is 2. The second kappa shape index (κ2) is 17.9. The topological polar surface area (TPSA) is 70.2 Å². The van der Waals surface area contributed by atoms with Gasteiger partial charge in [-0.1, -0.05) is 95.1 Å². The summed E-state index contributed by atoms with van der Waals surface area (Å²) in [6.07, 6.45) is 5.69. The molecule has 0 spiro atoms. The molecule has 0 heterocycles. The van der Waals surface area contributed by atoms with E-state index in [1.807, 2.05) is 25.2 Å². The Kier molecular flexibility index (Phi) is 15.6. The molecule has 0 radical (unpaired) electrons. The normalized spacial score (nSPS) is 11.6. The summed E-state index contributed by atoms with van der Waals surface area (Å²) in [5.74, 6) is 0.818. The molecular weight excluding hydrogens is 422 g/mol. The van der Waals surface area contributed by atoms with Crippen molar-refractivity contribution in [1.29, 1.82) is 0 Å². The zero-order chi connectivity index (χ0) is 25.2. The summed E-state index contributed by atoms with van der Waals surface area (Å²) in [5.41, 5.74) is 3.58. The van der Waals surface area contributed by atoms with Crippen molar-refractivity contribution in [2.75, 3.05) is 20.1 Å². The van der Waals surface area contributed by atoms with Crippen LogP contribution >= 0.6 is 0 Å². The number of likely N-dealkylation sites (N-methyl/N-ethyl adjacent to an activating group) is 1. The quantitative estimate of drug-likeness (QED) is 0.270. The third kappa shape index (κ3) is 13.3. The van der Waals surface area contributed by atoms with Gasteiger partial charge in [-0.15, -0.1) is 0 Å². The molecule has 5 heteroatoms. The molecule has 188 valence electrons. The molecule has 0 aromatic heterocycles. The Balaban J connectivity index is 0.000000620. The van der Waals surface area contributed by atoms with Gasteiger partial charge >= 0.3 is 0 Å². The predicted octanol–water partition coefficient (Wildman–Crippen LogP) is 5.00. The third-order valence-electron chi connectivity index (χ3n) is 5.49. The van der Waals surface area contributed by atoms with Crippen molar-refractivity contribution in [3.63, 3.8) is 0 Å². The Morgan fingerprint density at radius 3 is 2.09 bits per heavy atom. The van der Waals surface area contributed by atoms with E-state index < -0.39 is 0 Å². The van der Waals surface area contributed by atoms with Gasteiger partial charge in [-0.25, -0.2) is 0 Å². The first-order valence-corrected chi connectivity index (χ1v) is 12.6. The number of hydrogen-bond acceptors (Lipinski definition) is 4. The second-order valence-electron chi connectivity index (χ2n) is 9.35. The van der Waals surface area contributed by atoms with E-state index in [1.54, 1.807) is 0 Å². The van der Waals surface area contributed by atoms with Gasteiger partial charge in [-0.3, -0.25) is 4.79 Å². The molecule has 1 atom stereocenters. The molecule has 2 aromatic rings. The SMILES string of the molecule is CC(C)NCCC=O.CN[C@H](Cc1ccc(-c2ccccc2)cc1)C(=O)NCCCCC(C)C. The molecule has 0 saturated carbocycles. The molecule has 3 N–H and O–H groups in total. The first-order chi connectivity index (χ1) is 16.4. The van der Waals surface area contributed by atoms with Gasteiger partial charge in [0.25, 0.3) is 0 Å². The molecule has 0 saturated heterocycles. The van der Waals surface area contributed by atoms with Crippen LogP contribution in [-0.4, -0.2) is 44.4 Å². The summed E-state index contributed by atoms with van der Waals surface area (Å²) in [4.78, 5) is 22.1. The monoisotopic (exact) mass is 467 g/mol. The molecule has 34 heavy (non-hydrogen) atoms. The van der Waals surface area contributed by atoms with Crippen LogP contribution in [0.15, 0.2) is 54.6 Å². The lowest BCUT2D eigenvalue weighted by Gasteiger charge is -2.16. The number of amides is 1. The third-order valence-corrected chi connectivity index (χ3v) is 5.49. The van der Waals surface area contributed by atoms with E-state index in [-0.39, 0.29) is 11.9 Å². The maximum atomic E-state index is 12.4. The molecule has 0 fully saturated rings. The molecule has 0 bridgehead atoms. The highest BCUT2D eigenvalue weighted by Crippen LogP contribution is 2.19. The number of carbonyl (C=O) groups excluding carboxylic acids is 2. The molecule has 0 aliphatic rings. The number of rotatable bonds is 14. The first kappa shape index (κ1) is 29.5. The number of nitrogens with one attached hydrogen (secondary N) is 3. The first-order valence-electron chi connectivity index (χ1n) is 12.6. The Hall–Kier alpha value is -2.50. The minimum Gasteiger partial charge on any atom is -0.355 e. The van der Waals surface area contributed by atoms with Crippen molar-refractivity contribution in [2.45, 2.75) is 71.9 Å². The smallest absolute Gasteiger partial charge is 0.237 e. The van der Waals surface area contributed by atoms with E-state index in [1.165, 1.54) is 29.5 Å². The van der Waals surface area contributed by atoms with Crippen LogP contribution in [0.4, 0.5) is 0 Å². The van der Waals surface area contributed by atoms with Crippen molar-refractivity contribution in [3.05, 3.63) is 60.2 Å². The summed E-state index contributed by atoms with van der Waals surface area (Å²) in [5, 5.41) is 9.32. The van der Waals surface area contributed by atoms with Crippen LogP contribution in [0.3, 0.4) is 0 Å². The van der Waals surface area contributed by atoms with E-state index in [9.17, 15) is 9.59 Å². The van der Waals surface area contributed by atoms with Crippen molar-refractivity contribution < 1.29 is 9.59 Å². The van der Waals surface area contributed by atoms with Gasteiger partial charge in [-0.05, 0) is 42.5 Å². The van der Waals surface area contributed by atoms with Crippen LogP contribution in [0, 0.1) is 5.92 Å². The summed E-state index contributed by atoms with van der Waals surface area (Å²) >= 11 is 0. The fourth-order valence-corrected chi connectivity index (χ4v) is 3.47. The molecule has 0 aliphatic carbocycles. The Bertz CT molecular complexity index is 789. The number of unbranched alkanes of at least 4 members (excludes halogenated alkanes) is 1. The molecule has 5 nitrogen and oxygen atoms in total. The average Bonchev–Trinajstić information content (AvgIpc) is 2.83. The van der Waals surface area contributed by atoms with Crippen LogP contribution in [-0.2, 0) is 16.0 Å². The summed E-state index contributed by atoms with van der Waals surface area (Å²) in [6, 6.07) is 19.1. The maximum Gasteiger partial charge on any atom is 0.237 e. The highest BCUT2D eigenvalue weighted by atomic mass is 16.2. The lowest BCUT2D eigenvalue weighted by atomic mass is 10.0. The van der Waals surface area contributed by atoms with Crippen LogP contribution < -0.4 is 16.0 Å². The number of hydrogen-bond donors (Lipinski definition) is 3. The second-order valence-corrected chi connectivity index (χ2v) is 9.35. The van der Waals surface area contributed by atoms with E-state index >= 15 is 0 Å². The van der Waals surface area contributed by atoms with E-state index in [0.717, 1.165) is 31.7 Å². The molecular formula is C29H45N3O2. The van der Waals surface area contributed by atoms with Crippen molar-refractivity contribution in [1.82, 2.24) is 16.0 Å². The minimum atomic E-state index is -0.192. The van der Waals surface area contributed by atoms with Gasteiger partial charge in [0.15, 0.2) is 0 Å². The molecule has 0 aliphatic heterocycles. The largest absolute Gasteiger partial charge is 0.355 e. The Morgan fingerprint density at radius 1 is 0.882 bits per heavy atom. The molecule has 0 unspecified atom stereocenters. The van der Waals surface area contributed by atoms with Gasteiger partial charge in [-0.2, -0.15) is 0 Å². The number of benzene rings is 2. The van der Waals surface area contributed by atoms with Gasteiger partial charge in [0.2, 0.25) is 5.91 Å². The van der Waals surface area contributed by atoms with E-state index in [2.05, 4.69) is 80.0 Å². The average molecular weight is 468 g/mol. The van der Waals surface area contributed by atoms with Crippen molar-refractivity contribution >= 4 is 12.2 Å². The van der Waals surface area contributed by atoms with Crippen molar-refractivity contribution in [2.24, 2.45) is 5.92 Å². The highest BCUT2D eigenvalue weighted by molar-refractivity contribution is 5.82. The molecule has 1 amide bonds. The summed E-state index contributed by atoms with van der Waals surface area (Å²) < 4.78 is 0. The fraction of sp³-hybridized carbons (Fsp3) is 0.517. The Morgan fingerprint density at radius 2 is 1.53 bits per heavy atom. The van der Waals surface area contributed by atoms with Crippen molar-refractivity contribution in [3.8, 4) is 11.1 Å². The van der Waals surface area contributed by atoms with Crippen LogP contribution in [0.5, 0.6) is 0 Å². The lowest BCUT2D eigenvalue weighted by molar-refractivity contribution is -0.123. The standard InChI is InChI=1S/C23H32N2O.C6H13NO/c1-18(2)9-7-8-16-25-23(26)22(24-3)17-19-12-14-21(15-13-19)20-10-5-4-6-11-20;1-6(2)7-4-3-5-8/h4-6,10-15,18,22,24H,7-9,16-17H2,1-3H3,(H,25,26);5-7H,3-4H2,1-2H3/t22-;/m1./s1. The lowest BCUT2D eigenvalue weighted by Crippen LogP contribution is -2.44.